The van der Waals surface area contributed by atoms with Crippen molar-refractivity contribution in [3.05, 3.63) is 24.2 Å². The molecule has 1 atom stereocenters. The third kappa shape index (κ3) is 18.9. The Morgan fingerprint density at radius 2 is 1.74 bits per heavy atom. The highest BCUT2D eigenvalue weighted by Crippen LogP contribution is 2.10. The molecule has 0 heterocycles. The Labute approximate surface area is 148 Å². The third-order valence-corrected chi connectivity index (χ3v) is 3.62. The second kappa shape index (κ2) is 17.3. The molecule has 0 aliphatic heterocycles. The average Bonchev–Trinajstić information content (AvgIpc) is 2.59. The Bertz CT molecular complexity index is 488. The standard InChI is InChI=1S/C20H36O3/c1-2-3-13-16-19(21)17-14-11-9-7-5-4-6-8-10-12-15-18-20(22)23/h9,11,14,17,19,21H,2-8,10,12-13,15-16,18H2,1H3,(H,22,23)/t19-/m0/s1/i9D,11D,17D,19D. The number of unbranched alkanes of at least 4 members (excludes halogenated alkanes) is 8. The van der Waals surface area contributed by atoms with Crippen LogP contribution in [-0.2, 0) is 4.79 Å². The predicted molar refractivity (Wildman–Crippen MR) is 97.6 cm³/mol. The highest BCUT2D eigenvalue weighted by atomic mass is 16.4. The number of carboxylic acids is 1. The van der Waals surface area contributed by atoms with E-state index in [9.17, 15) is 9.90 Å². The summed E-state index contributed by atoms with van der Waals surface area (Å²) in [5.74, 6) is -0.745. The molecule has 0 rings (SSSR count). The molecule has 3 heteroatoms. The highest BCUT2D eigenvalue weighted by molar-refractivity contribution is 5.66. The van der Waals surface area contributed by atoms with Gasteiger partial charge in [-0.15, -0.1) is 0 Å². The molecule has 0 bridgehead atoms. The molecule has 0 aromatic carbocycles. The minimum absolute atomic E-state index is 0.102. The molecule has 0 aliphatic carbocycles. The lowest BCUT2D eigenvalue weighted by Crippen LogP contribution is -2.00. The molecular formula is C20H36O3. The van der Waals surface area contributed by atoms with E-state index in [-0.39, 0.29) is 31.0 Å². The molecule has 0 aliphatic rings. The van der Waals surface area contributed by atoms with Gasteiger partial charge in [0.2, 0.25) is 0 Å². The van der Waals surface area contributed by atoms with E-state index in [0.717, 1.165) is 63.9 Å². The summed E-state index contributed by atoms with van der Waals surface area (Å²) in [6, 6.07) is -0.296. The predicted octanol–water partition coefficient (Wildman–Crippen LogP) is 5.64. The van der Waals surface area contributed by atoms with Crippen molar-refractivity contribution in [3.63, 3.8) is 0 Å². The van der Waals surface area contributed by atoms with Gasteiger partial charge in [0.15, 0.2) is 0 Å². The molecule has 0 aromatic heterocycles. The van der Waals surface area contributed by atoms with Crippen molar-refractivity contribution in [3.8, 4) is 0 Å². The van der Waals surface area contributed by atoms with E-state index in [2.05, 4.69) is 0 Å². The van der Waals surface area contributed by atoms with Crippen molar-refractivity contribution in [2.75, 3.05) is 0 Å². The summed E-state index contributed by atoms with van der Waals surface area (Å²) in [6.07, 6.45) is 9.00. The first-order chi connectivity index (χ1) is 12.7. The maximum atomic E-state index is 10.4. The van der Waals surface area contributed by atoms with Crippen molar-refractivity contribution in [1.29, 1.82) is 0 Å². The van der Waals surface area contributed by atoms with Crippen molar-refractivity contribution in [1.82, 2.24) is 0 Å². The van der Waals surface area contributed by atoms with Crippen LogP contribution in [0.5, 0.6) is 0 Å². The van der Waals surface area contributed by atoms with Gasteiger partial charge in [0, 0.05) is 6.42 Å². The van der Waals surface area contributed by atoms with Crippen LogP contribution in [0.4, 0.5) is 0 Å². The molecule has 0 saturated carbocycles. The summed E-state index contributed by atoms with van der Waals surface area (Å²) >= 11 is 0. The Morgan fingerprint density at radius 1 is 1.09 bits per heavy atom. The number of rotatable bonds is 16. The van der Waals surface area contributed by atoms with Crippen LogP contribution >= 0.6 is 0 Å². The molecule has 134 valence electrons. The van der Waals surface area contributed by atoms with Crippen LogP contribution in [0, 0.1) is 0 Å². The molecular weight excluding hydrogens is 288 g/mol. The molecule has 0 aromatic rings. The molecule has 0 radical (unpaired) electrons. The molecule has 0 spiro atoms. The van der Waals surface area contributed by atoms with Gasteiger partial charge in [-0.2, -0.15) is 0 Å². The lowest BCUT2D eigenvalue weighted by atomic mass is 10.1. The van der Waals surface area contributed by atoms with E-state index in [4.69, 9.17) is 10.6 Å². The molecule has 23 heavy (non-hydrogen) atoms. The number of aliphatic carboxylic acids is 1. The fourth-order valence-electron chi connectivity index (χ4n) is 2.23. The van der Waals surface area contributed by atoms with Gasteiger partial charge in [-0.3, -0.25) is 4.79 Å². The number of allylic oxidation sites excluding steroid dienone is 3. The zero-order valence-electron chi connectivity index (χ0n) is 18.6. The van der Waals surface area contributed by atoms with Crippen LogP contribution in [0.25, 0.3) is 0 Å². The minimum Gasteiger partial charge on any atom is -0.481 e. The van der Waals surface area contributed by atoms with Crippen molar-refractivity contribution in [2.45, 2.75) is 96.5 Å². The topological polar surface area (TPSA) is 57.5 Å². The normalized spacial score (nSPS) is 18.3. The summed E-state index contributed by atoms with van der Waals surface area (Å²) in [5.41, 5.74) is 0. The summed E-state index contributed by atoms with van der Waals surface area (Å²) in [4.78, 5) is 10.4. The number of hydrogen-bond acceptors (Lipinski definition) is 2. The first-order valence-electron chi connectivity index (χ1n) is 11.0. The Balaban J connectivity index is 4.13. The minimum atomic E-state index is -1.98. The third-order valence-electron chi connectivity index (χ3n) is 3.62. The summed E-state index contributed by atoms with van der Waals surface area (Å²) in [7, 11) is 0. The van der Waals surface area contributed by atoms with Gasteiger partial charge in [0.1, 0.15) is 0 Å². The molecule has 0 unspecified atom stereocenters. The van der Waals surface area contributed by atoms with Gasteiger partial charge in [-0.25, -0.2) is 0 Å². The number of carboxylic acid groups (broad SMARTS) is 1. The average molecular weight is 329 g/mol. The van der Waals surface area contributed by atoms with Crippen molar-refractivity contribution < 1.29 is 20.5 Å². The van der Waals surface area contributed by atoms with Crippen molar-refractivity contribution in [2.24, 2.45) is 0 Å². The quantitative estimate of drug-likeness (QED) is 0.285. The van der Waals surface area contributed by atoms with E-state index in [1.807, 2.05) is 6.92 Å². The second-order valence-corrected chi connectivity index (χ2v) is 5.88. The number of hydrogen-bond donors (Lipinski definition) is 2. The fourth-order valence-corrected chi connectivity index (χ4v) is 2.23. The van der Waals surface area contributed by atoms with E-state index in [0.29, 0.717) is 12.8 Å². The van der Waals surface area contributed by atoms with Crippen LogP contribution in [0.2, 0.25) is 0 Å². The van der Waals surface area contributed by atoms with Crippen LogP contribution in [-0.4, -0.2) is 22.3 Å². The SMILES string of the molecule is [2H]C(=CC([2H])=C([2H])CCCCCCCCCC(=O)O)[C@@]([2H])(O)CCCCC. The van der Waals surface area contributed by atoms with Crippen molar-refractivity contribution >= 4 is 5.97 Å². The molecule has 2 N–H and O–H groups in total. The first kappa shape index (κ1) is 15.4. The Morgan fingerprint density at radius 3 is 2.39 bits per heavy atom. The molecule has 0 saturated heterocycles. The van der Waals surface area contributed by atoms with Gasteiger partial charge >= 0.3 is 5.97 Å². The smallest absolute Gasteiger partial charge is 0.303 e. The van der Waals surface area contributed by atoms with Gasteiger partial charge in [-0.05, 0) is 25.7 Å². The van der Waals surface area contributed by atoms with E-state index >= 15 is 0 Å². The van der Waals surface area contributed by atoms with E-state index < -0.39 is 12.0 Å². The summed E-state index contributed by atoms with van der Waals surface area (Å²) in [6.45, 7) is 2.02. The van der Waals surface area contributed by atoms with Crippen LogP contribution in [0.1, 0.15) is 95.9 Å². The highest BCUT2D eigenvalue weighted by Gasteiger charge is 1.97. The maximum absolute atomic E-state index is 10.4. The first-order valence-corrected chi connectivity index (χ1v) is 9.00. The molecule has 0 fully saturated rings. The van der Waals surface area contributed by atoms with Crippen LogP contribution in [0.15, 0.2) is 24.2 Å². The molecule has 0 amide bonds. The number of aliphatic hydroxyl groups is 1. The largest absolute Gasteiger partial charge is 0.481 e. The van der Waals surface area contributed by atoms with E-state index in [1.165, 1.54) is 0 Å². The monoisotopic (exact) mass is 328 g/mol. The lowest BCUT2D eigenvalue weighted by Gasteiger charge is -2.03. The lowest BCUT2D eigenvalue weighted by molar-refractivity contribution is -0.137. The zero-order chi connectivity index (χ0) is 20.7. The van der Waals surface area contributed by atoms with Gasteiger partial charge in [-0.1, -0.05) is 82.5 Å². The van der Waals surface area contributed by atoms with E-state index in [1.54, 1.807) is 0 Å². The van der Waals surface area contributed by atoms with Crippen LogP contribution in [0.3, 0.4) is 0 Å². The van der Waals surface area contributed by atoms with Gasteiger partial charge in [0.05, 0.1) is 11.6 Å². The number of carbonyl (C=O) groups is 1. The maximum Gasteiger partial charge on any atom is 0.303 e. The van der Waals surface area contributed by atoms with Gasteiger partial charge in [0.25, 0.3) is 0 Å². The van der Waals surface area contributed by atoms with Gasteiger partial charge < -0.3 is 10.2 Å². The Hall–Kier alpha value is -1.09. The van der Waals surface area contributed by atoms with Crippen LogP contribution < -0.4 is 0 Å². The zero-order valence-corrected chi connectivity index (χ0v) is 14.6. The molecule has 3 nitrogen and oxygen atoms in total. The fraction of sp³-hybridized carbons (Fsp3) is 0.750. The summed E-state index contributed by atoms with van der Waals surface area (Å²) < 4.78 is 31.5. The summed E-state index contributed by atoms with van der Waals surface area (Å²) in [5, 5.41) is 18.6. The Kier molecular flexibility index (Phi) is 11.6. The second-order valence-electron chi connectivity index (χ2n) is 5.88.